The van der Waals surface area contributed by atoms with Crippen LogP contribution in [-0.4, -0.2) is 40.1 Å². The van der Waals surface area contributed by atoms with Crippen molar-refractivity contribution in [3.63, 3.8) is 0 Å². The van der Waals surface area contributed by atoms with Crippen LogP contribution in [0.3, 0.4) is 0 Å². The summed E-state index contributed by atoms with van der Waals surface area (Å²) < 4.78 is 16.1. The van der Waals surface area contributed by atoms with E-state index < -0.39 is 0 Å². The third-order valence-corrected chi connectivity index (χ3v) is 3.55. The van der Waals surface area contributed by atoms with Crippen LogP contribution in [0.25, 0.3) is 0 Å². The van der Waals surface area contributed by atoms with E-state index in [1.165, 1.54) is 11.1 Å². The minimum absolute atomic E-state index is 0.341. The van der Waals surface area contributed by atoms with Gasteiger partial charge in [0, 0.05) is 26.2 Å². The summed E-state index contributed by atoms with van der Waals surface area (Å²) in [7, 11) is 1.69. The van der Waals surface area contributed by atoms with Crippen molar-refractivity contribution in [3.05, 3.63) is 29.3 Å². The lowest BCUT2D eigenvalue weighted by molar-refractivity contribution is 0.0658. The molecule has 1 N–H and O–H groups in total. The van der Waals surface area contributed by atoms with Gasteiger partial charge in [0.15, 0.2) is 0 Å². The third kappa shape index (κ3) is 4.20. The van der Waals surface area contributed by atoms with Gasteiger partial charge in [-0.25, -0.2) is 0 Å². The summed E-state index contributed by atoms with van der Waals surface area (Å²) in [6.45, 7) is 5.96. The second kappa shape index (κ2) is 8.25. The van der Waals surface area contributed by atoms with Gasteiger partial charge in [0.1, 0.15) is 5.75 Å². The summed E-state index contributed by atoms with van der Waals surface area (Å²) in [5.74, 6) is 1.04. The van der Waals surface area contributed by atoms with Crippen molar-refractivity contribution >= 4 is 0 Å². The molecule has 4 nitrogen and oxygen atoms in total. The summed E-state index contributed by atoms with van der Waals surface area (Å²) in [5, 5.41) is 3.53. The first-order valence-electron chi connectivity index (χ1n) is 7.40. The molecule has 1 aliphatic rings. The smallest absolute Gasteiger partial charge is 0.122 e. The molecule has 1 aliphatic heterocycles. The van der Waals surface area contributed by atoms with E-state index in [2.05, 4.69) is 30.4 Å². The number of hydrogen-bond acceptors (Lipinski definition) is 4. The maximum absolute atomic E-state index is 5.58. The SMILES string of the molecule is CCNC(CCOCCOC)c1ccc2c(c1)CCO2. The van der Waals surface area contributed by atoms with Crippen LogP contribution in [0.4, 0.5) is 0 Å². The molecule has 0 aromatic heterocycles. The van der Waals surface area contributed by atoms with Crippen molar-refractivity contribution < 1.29 is 14.2 Å². The average molecular weight is 279 g/mol. The molecule has 2 rings (SSSR count). The first-order valence-corrected chi connectivity index (χ1v) is 7.40. The first-order chi connectivity index (χ1) is 9.85. The van der Waals surface area contributed by atoms with Crippen LogP contribution < -0.4 is 10.1 Å². The Kier molecular flexibility index (Phi) is 6.30. The molecule has 1 atom stereocenters. The van der Waals surface area contributed by atoms with Gasteiger partial charge < -0.3 is 19.5 Å². The lowest BCUT2D eigenvalue weighted by atomic mass is 10.0. The van der Waals surface area contributed by atoms with Crippen LogP contribution in [0.2, 0.25) is 0 Å². The number of fused-ring (bicyclic) bond motifs is 1. The maximum atomic E-state index is 5.58. The molecule has 0 saturated heterocycles. The topological polar surface area (TPSA) is 39.7 Å². The van der Waals surface area contributed by atoms with Gasteiger partial charge in [0.25, 0.3) is 0 Å². The lowest BCUT2D eigenvalue weighted by Gasteiger charge is -2.19. The molecule has 0 fully saturated rings. The summed E-state index contributed by atoms with van der Waals surface area (Å²) in [4.78, 5) is 0. The Bertz CT molecular complexity index is 409. The summed E-state index contributed by atoms with van der Waals surface area (Å²) in [5.41, 5.74) is 2.65. The van der Waals surface area contributed by atoms with E-state index in [1.807, 2.05) is 0 Å². The van der Waals surface area contributed by atoms with Gasteiger partial charge in [0.2, 0.25) is 0 Å². The van der Waals surface area contributed by atoms with E-state index in [-0.39, 0.29) is 0 Å². The van der Waals surface area contributed by atoms with Gasteiger partial charge >= 0.3 is 0 Å². The van der Waals surface area contributed by atoms with E-state index in [0.29, 0.717) is 19.3 Å². The molecule has 0 spiro atoms. The molecule has 1 unspecified atom stereocenters. The molecule has 0 radical (unpaired) electrons. The number of hydrogen-bond donors (Lipinski definition) is 1. The van der Waals surface area contributed by atoms with Crippen LogP contribution in [0.1, 0.15) is 30.5 Å². The van der Waals surface area contributed by atoms with Crippen molar-refractivity contribution in [2.24, 2.45) is 0 Å². The largest absolute Gasteiger partial charge is 0.493 e. The standard InChI is InChI=1S/C16H25NO3/c1-3-17-15(7-8-19-11-10-18-2)13-4-5-16-14(12-13)6-9-20-16/h4-5,12,15,17H,3,6-11H2,1-2H3. The van der Waals surface area contributed by atoms with E-state index in [9.17, 15) is 0 Å². The zero-order valence-corrected chi connectivity index (χ0v) is 12.5. The van der Waals surface area contributed by atoms with E-state index in [0.717, 1.165) is 38.3 Å². The zero-order chi connectivity index (χ0) is 14.2. The molecule has 1 aromatic carbocycles. The molecule has 1 heterocycles. The Hall–Kier alpha value is -1.10. The van der Waals surface area contributed by atoms with Gasteiger partial charge in [-0.3, -0.25) is 0 Å². The lowest BCUT2D eigenvalue weighted by Crippen LogP contribution is -2.22. The Morgan fingerprint density at radius 1 is 1.30 bits per heavy atom. The Morgan fingerprint density at radius 3 is 3.00 bits per heavy atom. The maximum Gasteiger partial charge on any atom is 0.122 e. The Labute approximate surface area is 121 Å². The molecule has 0 bridgehead atoms. The highest BCUT2D eigenvalue weighted by Gasteiger charge is 2.16. The fourth-order valence-corrected chi connectivity index (χ4v) is 2.50. The van der Waals surface area contributed by atoms with Gasteiger partial charge in [-0.15, -0.1) is 0 Å². The minimum atomic E-state index is 0.341. The Balaban J connectivity index is 1.90. The second-order valence-corrected chi connectivity index (χ2v) is 4.97. The molecule has 20 heavy (non-hydrogen) atoms. The average Bonchev–Trinajstić information content (AvgIpc) is 2.93. The van der Waals surface area contributed by atoms with E-state index >= 15 is 0 Å². The van der Waals surface area contributed by atoms with Crippen molar-refractivity contribution in [2.75, 3.05) is 40.1 Å². The monoisotopic (exact) mass is 279 g/mol. The minimum Gasteiger partial charge on any atom is -0.493 e. The number of ether oxygens (including phenoxy) is 3. The van der Waals surface area contributed by atoms with Crippen LogP contribution in [-0.2, 0) is 15.9 Å². The van der Waals surface area contributed by atoms with Crippen LogP contribution >= 0.6 is 0 Å². The highest BCUT2D eigenvalue weighted by Crippen LogP contribution is 2.29. The number of benzene rings is 1. The molecular weight excluding hydrogens is 254 g/mol. The van der Waals surface area contributed by atoms with Crippen LogP contribution in [0, 0.1) is 0 Å². The summed E-state index contributed by atoms with van der Waals surface area (Å²) in [6, 6.07) is 6.86. The number of rotatable bonds is 9. The highest BCUT2D eigenvalue weighted by atomic mass is 16.5. The molecule has 0 saturated carbocycles. The van der Waals surface area contributed by atoms with E-state index in [4.69, 9.17) is 14.2 Å². The summed E-state index contributed by atoms with van der Waals surface area (Å²) in [6.07, 6.45) is 1.99. The van der Waals surface area contributed by atoms with Gasteiger partial charge in [-0.1, -0.05) is 19.1 Å². The molecule has 112 valence electrons. The molecule has 0 amide bonds. The summed E-state index contributed by atoms with van der Waals surface area (Å²) >= 11 is 0. The predicted octanol–water partition coefficient (Wildman–Crippen LogP) is 2.33. The van der Waals surface area contributed by atoms with Crippen LogP contribution in [0.5, 0.6) is 5.75 Å². The third-order valence-electron chi connectivity index (χ3n) is 3.55. The van der Waals surface area contributed by atoms with Crippen molar-refractivity contribution in [2.45, 2.75) is 25.8 Å². The van der Waals surface area contributed by atoms with Gasteiger partial charge in [-0.2, -0.15) is 0 Å². The van der Waals surface area contributed by atoms with E-state index in [1.54, 1.807) is 7.11 Å². The van der Waals surface area contributed by atoms with Crippen molar-refractivity contribution in [3.8, 4) is 5.75 Å². The molecule has 1 aromatic rings. The predicted molar refractivity (Wildman–Crippen MR) is 79.4 cm³/mol. The van der Waals surface area contributed by atoms with Crippen LogP contribution in [0.15, 0.2) is 18.2 Å². The van der Waals surface area contributed by atoms with Gasteiger partial charge in [-0.05, 0) is 30.2 Å². The molecule has 0 aliphatic carbocycles. The molecular formula is C16H25NO3. The first kappa shape index (κ1) is 15.3. The number of methoxy groups -OCH3 is 1. The Morgan fingerprint density at radius 2 is 2.20 bits per heavy atom. The highest BCUT2D eigenvalue weighted by molar-refractivity contribution is 5.40. The number of nitrogens with one attached hydrogen (secondary N) is 1. The fraction of sp³-hybridized carbons (Fsp3) is 0.625. The molecule has 4 heteroatoms. The van der Waals surface area contributed by atoms with Gasteiger partial charge in [0.05, 0.1) is 19.8 Å². The zero-order valence-electron chi connectivity index (χ0n) is 12.5. The fourth-order valence-electron chi connectivity index (χ4n) is 2.50. The second-order valence-electron chi connectivity index (χ2n) is 4.97. The quantitative estimate of drug-likeness (QED) is 0.704. The van der Waals surface area contributed by atoms with Crippen molar-refractivity contribution in [1.29, 1.82) is 0 Å². The normalized spacial score (nSPS) is 14.9. The van der Waals surface area contributed by atoms with Crippen molar-refractivity contribution in [1.82, 2.24) is 5.32 Å².